The highest BCUT2D eigenvalue weighted by atomic mass is 16.7. The lowest BCUT2D eigenvalue weighted by atomic mass is 9.99. The Morgan fingerprint density at radius 3 is 2.17 bits per heavy atom. The van der Waals surface area contributed by atoms with Crippen molar-refractivity contribution >= 4 is 17.8 Å². The van der Waals surface area contributed by atoms with Crippen molar-refractivity contribution < 1.29 is 29.4 Å². The SMILES string of the molecule is CCC(CC(C)C(=O)On1c(O)ccc1O)N1C(=O)C=CC1=O. The van der Waals surface area contributed by atoms with Crippen molar-refractivity contribution in [2.75, 3.05) is 0 Å². The molecule has 0 radical (unpaired) electrons. The van der Waals surface area contributed by atoms with Gasteiger partial charge in [-0.2, -0.15) is 0 Å². The van der Waals surface area contributed by atoms with Crippen LogP contribution in [0.3, 0.4) is 0 Å². The lowest BCUT2D eigenvalue weighted by Crippen LogP contribution is -2.42. The smallest absolute Gasteiger partial charge is 0.336 e. The Balaban J connectivity index is 2.02. The molecular formula is C15H18N2O6. The first-order chi connectivity index (χ1) is 10.8. The third kappa shape index (κ3) is 3.36. The minimum atomic E-state index is -0.697. The van der Waals surface area contributed by atoms with Crippen LogP contribution in [0, 0.1) is 5.92 Å². The molecule has 1 aliphatic rings. The van der Waals surface area contributed by atoms with Crippen molar-refractivity contribution in [3.63, 3.8) is 0 Å². The van der Waals surface area contributed by atoms with Crippen LogP contribution in [-0.4, -0.2) is 43.7 Å². The largest absolute Gasteiger partial charge is 0.492 e. The van der Waals surface area contributed by atoms with Crippen molar-refractivity contribution in [3.8, 4) is 11.8 Å². The predicted molar refractivity (Wildman–Crippen MR) is 78.2 cm³/mol. The van der Waals surface area contributed by atoms with E-state index in [1.54, 1.807) is 6.92 Å². The summed E-state index contributed by atoms with van der Waals surface area (Å²) in [5.74, 6) is -2.97. The monoisotopic (exact) mass is 322 g/mol. The summed E-state index contributed by atoms with van der Waals surface area (Å²) >= 11 is 0. The first-order valence-electron chi connectivity index (χ1n) is 7.22. The number of nitrogens with zero attached hydrogens (tertiary/aromatic N) is 2. The Morgan fingerprint density at radius 2 is 1.70 bits per heavy atom. The number of hydrogen-bond acceptors (Lipinski definition) is 6. The Labute approximate surface area is 132 Å². The molecular weight excluding hydrogens is 304 g/mol. The minimum absolute atomic E-state index is 0.220. The molecule has 0 aliphatic carbocycles. The van der Waals surface area contributed by atoms with E-state index in [0.717, 1.165) is 4.90 Å². The number of aromatic hydroxyl groups is 2. The van der Waals surface area contributed by atoms with Crippen molar-refractivity contribution in [2.45, 2.75) is 32.7 Å². The third-order valence-corrected chi connectivity index (χ3v) is 3.69. The van der Waals surface area contributed by atoms with Crippen LogP contribution in [-0.2, 0) is 14.4 Å². The molecule has 2 atom stereocenters. The zero-order valence-corrected chi connectivity index (χ0v) is 12.8. The molecule has 1 aromatic rings. The highest BCUT2D eigenvalue weighted by molar-refractivity contribution is 6.13. The van der Waals surface area contributed by atoms with E-state index in [4.69, 9.17) is 4.84 Å². The maximum Gasteiger partial charge on any atom is 0.336 e. The first kappa shape index (κ1) is 16.6. The number of carbonyl (C=O) groups excluding carboxylic acids is 3. The summed E-state index contributed by atoms with van der Waals surface area (Å²) in [5.41, 5.74) is 0. The van der Waals surface area contributed by atoms with Gasteiger partial charge >= 0.3 is 5.97 Å². The molecule has 2 rings (SSSR count). The Morgan fingerprint density at radius 1 is 1.17 bits per heavy atom. The molecule has 124 valence electrons. The standard InChI is InChI=1S/C15H18N2O6/c1-3-10(16-11(18)4-5-12(16)19)8-9(2)15(22)23-17-13(20)6-7-14(17)21/h4-7,9-10,20-21H,3,8H2,1-2H3. The fourth-order valence-electron chi connectivity index (χ4n) is 2.41. The van der Waals surface area contributed by atoms with E-state index in [9.17, 15) is 24.6 Å². The Hall–Kier alpha value is -2.77. The highest BCUT2D eigenvalue weighted by Crippen LogP contribution is 2.22. The average Bonchev–Trinajstić information content (AvgIpc) is 3.01. The Kier molecular flexibility index (Phi) is 4.73. The molecule has 0 spiro atoms. The quantitative estimate of drug-likeness (QED) is 0.742. The number of carbonyl (C=O) groups is 3. The van der Waals surface area contributed by atoms with Crippen molar-refractivity contribution in [1.82, 2.24) is 9.63 Å². The second-order valence-electron chi connectivity index (χ2n) is 5.33. The van der Waals surface area contributed by atoms with Crippen molar-refractivity contribution in [3.05, 3.63) is 24.3 Å². The normalized spacial score (nSPS) is 16.7. The van der Waals surface area contributed by atoms with Crippen LogP contribution in [0.25, 0.3) is 0 Å². The van der Waals surface area contributed by atoms with Crippen LogP contribution in [0.2, 0.25) is 0 Å². The molecule has 2 N–H and O–H groups in total. The van der Waals surface area contributed by atoms with Gasteiger partial charge in [0.2, 0.25) is 11.8 Å². The summed E-state index contributed by atoms with van der Waals surface area (Å²) in [5, 5.41) is 18.9. The van der Waals surface area contributed by atoms with Crippen molar-refractivity contribution in [2.24, 2.45) is 5.92 Å². The molecule has 2 unspecified atom stereocenters. The van der Waals surface area contributed by atoms with Gasteiger partial charge < -0.3 is 15.1 Å². The summed E-state index contributed by atoms with van der Waals surface area (Å²) in [6.07, 6.45) is 3.11. The van der Waals surface area contributed by atoms with Crippen molar-refractivity contribution in [1.29, 1.82) is 0 Å². The number of imide groups is 1. The van der Waals surface area contributed by atoms with E-state index in [0.29, 0.717) is 11.2 Å². The zero-order valence-electron chi connectivity index (χ0n) is 12.8. The van der Waals surface area contributed by atoms with Gasteiger partial charge in [-0.15, -0.1) is 4.73 Å². The predicted octanol–water partition coefficient (Wildman–Crippen LogP) is 0.584. The third-order valence-electron chi connectivity index (χ3n) is 3.69. The topological polar surface area (TPSA) is 109 Å². The lowest BCUT2D eigenvalue weighted by Gasteiger charge is -2.26. The molecule has 0 aromatic carbocycles. The molecule has 2 heterocycles. The first-order valence-corrected chi connectivity index (χ1v) is 7.22. The fraction of sp³-hybridized carbons (Fsp3) is 0.400. The lowest BCUT2D eigenvalue weighted by molar-refractivity contribution is -0.152. The zero-order chi connectivity index (χ0) is 17.1. The van der Waals surface area contributed by atoms with Crippen LogP contribution in [0.1, 0.15) is 26.7 Å². The molecule has 1 aliphatic heterocycles. The van der Waals surface area contributed by atoms with E-state index in [1.165, 1.54) is 24.3 Å². The average molecular weight is 322 g/mol. The second-order valence-corrected chi connectivity index (χ2v) is 5.33. The molecule has 8 nitrogen and oxygen atoms in total. The molecule has 0 bridgehead atoms. The van der Waals surface area contributed by atoms with E-state index in [1.807, 2.05) is 6.92 Å². The van der Waals surface area contributed by atoms with Gasteiger partial charge in [0, 0.05) is 30.3 Å². The maximum atomic E-state index is 12.1. The summed E-state index contributed by atoms with van der Waals surface area (Å²) in [6.45, 7) is 3.40. The summed E-state index contributed by atoms with van der Waals surface area (Å²) in [6, 6.07) is 1.92. The van der Waals surface area contributed by atoms with Gasteiger partial charge in [0.1, 0.15) is 0 Å². The van der Waals surface area contributed by atoms with Gasteiger partial charge in [0.05, 0.1) is 5.92 Å². The second kappa shape index (κ2) is 6.55. The molecule has 2 amide bonds. The van der Waals surface area contributed by atoms with E-state index in [-0.39, 0.29) is 6.42 Å². The van der Waals surface area contributed by atoms with Crippen LogP contribution in [0.5, 0.6) is 11.8 Å². The van der Waals surface area contributed by atoms with E-state index in [2.05, 4.69) is 0 Å². The van der Waals surface area contributed by atoms with Gasteiger partial charge in [0.25, 0.3) is 11.8 Å². The number of rotatable bonds is 6. The Bertz CT molecular complexity index is 625. The van der Waals surface area contributed by atoms with Gasteiger partial charge in [0.15, 0.2) is 0 Å². The minimum Gasteiger partial charge on any atom is -0.492 e. The number of hydrogen-bond donors (Lipinski definition) is 2. The molecule has 0 saturated heterocycles. The summed E-state index contributed by atoms with van der Waals surface area (Å²) < 4.78 is 0.605. The summed E-state index contributed by atoms with van der Waals surface area (Å²) in [7, 11) is 0. The maximum absolute atomic E-state index is 12.1. The van der Waals surface area contributed by atoms with E-state index >= 15 is 0 Å². The van der Waals surface area contributed by atoms with Gasteiger partial charge in [-0.05, 0) is 12.8 Å². The van der Waals surface area contributed by atoms with Crippen LogP contribution >= 0.6 is 0 Å². The molecule has 23 heavy (non-hydrogen) atoms. The number of amides is 2. The molecule has 1 aromatic heterocycles. The van der Waals surface area contributed by atoms with Gasteiger partial charge in [-0.1, -0.05) is 13.8 Å². The van der Waals surface area contributed by atoms with Crippen LogP contribution < -0.4 is 4.84 Å². The van der Waals surface area contributed by atoms with Gasteiger partial charge in [-0.25, -0.2) is 4.79 Å². The van der Waals surface area contributed by atoms with Crippen LogP contribution in [0.4, 0.5) is 0 Å². The molecule has 8 heteroatoms. The molecule has 0 saturated carbocycles. The number of aromatic nitrogens is 1. The molecule has 0 fully saturated rings. The summed E-state index contributed by atoms with van der Waals surface area (Å²) in [4.78, 5) is 41.5. The van der Waals surface area contributed by atoms with Gasteiger partial charge in [-0.3, -0.25) is 14.5 Å². The van der Waals surface area contributed by atoms with Crippen LogP contribution in [0.15, 0.2) is 24.3 Å². The highest BCUT2D eigenvalue weighted by Gasteiger charge is 2.33. The van der Waals surface area contributed by atoms with E-state index < -0.39 is 41.5 Å². The fourth-order valence-corrected chi connectivity index (χ4v) is 2.41.